The van der Waals surface area contributed by atoms with Gasteiger partial charge in [0.05, 0.1) is 6.33 Å². The summed E-state index contributed by atoms with van der Waals surface area (Å²) in [6.45, 7) is 4.27. The van der Waals surface area contributed by atoms with Gasteiger partial charge in [-0.15, -0.1) is 0 Å². The number of aryl methyl sites for hydroxylation is 2. The number of carbonyl (C=O) groups is 1. The van der Waals surface area contributed by atoms with Crippen molar-refractivity contribution in [3.8, 4) is 0 Å². The maximum Gasteiger partial charge on any atom is 0.371 e. The Balaban J connectivity index is 1.64. The van der Waals surface area contributed by atoms with Crippen molar-refractivity contribution in [3.63, 3.8) is 0 Å². The molecule has 0 aliphatic carbocycles. The number of hydrogen-bond acceptors (Lipinski definition) is 4. The van der Waals surface area contributed by atoms with Crippen LogP contribution in [0.5, 0.6) is 0 Å². The number of nitrogens with one attached hydrogen (secondary N) is 1. The Bertz CT molecular complexity index is 546. The van der Waals surface area contributed by atoms with Crippen LogP contribution in [0, 0.1) is 6.92 Å². The van der Waals surface area contributed by atoms with E-state index in [4.69, 9.17) is 9.52 Å². The molecular formula is C14H19N3O3. The van der Waals surface area contributed by atoms with E-state index in [-0.39, 0.29) is 5.76 Å². The van der Waals surface area contributed by atoms with Crippen LogP contribution in [0.1, 0.15) is 34.7 Å². The molecule has 2 aromatic rings. The number of nitrogens with zero attached hydrogens (tertiary/aromatic N) is 2. The van der Waals surface area contributed by atoms with Crippen molar-refractivity contribution in [2.75, 3.05) is 6.54 Å². The lowest BCUT2D eigenvalue weighted by Crippen LogP contribution is -2.15. The maximum atomic E-state index is 10.8. The van der Waals surface area contributed by atoms with E-state index in [0.717, 1.165) is 31.5 Å². The molecular weight excluding hydrogens is 258 g/mol. The third-order valence-corrected chi connectivity index (χ3v) is 3.13. The summed E-state index contributed by atoms with van der Waals surface area (Å²) in [6.07, 6.45) is 7.68. The van der Waals surface area contributed by atoms with Gasteiger partial charge in [-0.2, -0.15) is 0 Å². The predicted molar refractivity (Wildman–Crippen MR) is 73.6 cm³/mol. The minimum Gasteiger partial charge on any atom is -0.475 e. The second-order valence-electron chi connectivity index (χ2n) is 4.68. The van der Waals surface area contributed by atoms with Gasteiger partial charge in [0.25, 0.3) is 0 Å². The second-order valence-corrected chi connectivity index (χ2v) is 4.68. The van der Waals surface area contributed by atoms with Gasteiger partial charge in [0.1, 0.15) is 5.76 Å². The van der Waals surface area contributed by atoms with Crippen molar-refractivity contribution in [2.24, 2.45) is 0 Å². The number of carboxylic acid groups (broad SMARTS) is 1. The van der Waals surface area contributed by atoms with Crippen LogP contribution in [0.3, 0.4) is 0 Å². The molecule has 0 aromatic carbocycles. The molecule has 6 nitrogen and oxygen atoms in total. The fourth-order valence-corrected chi connectivity index (χ4v) is 1.99. The quantitative estimate of drug-likeness (QED) is 0.722. The third kappa shape index (κ3) is 3.96. The molecule has 2 heterocycles. The van der Waals surface area contributed by atoms with Crippen LogP contribution in [0.2, 0.25) is 0 Å². The van der Waals surface area contributed by atoms with E-state index in [0.29, 0.717) is 12.3 Å². The molecule has 2 N–H and O–H groups in total. The summed E-state index contributed by atoms with van der Waals surface area (Å²) in [7, 11) is 0. The number of furan rings is 1. The molecule has 0 aliphatic heterocycles. The molecule has 0 saturated carbocycles. The molecule has 0 bridgehead atoms. The SMILES string of the molecule is Cc1oc(C(=O)O)cc1CNCCCCn1ccnc1. The molecule has 0 fully saturated rings. The average Bonchev–Trinajstić information content (AvgIpc) is 3.04. The molecule has 0 aliphatic rings. The highest BCUT2D eigenvalue weighted by Gasteiger charge is 2.12. The van der Waals surface area contributed by atoms with E-state index < -0.39 is 5.97 Å². The van der Waals surface area contributed by atoms with Crippen LogP contribution >= 0.6 is 0 Å². The largest absolute Gasteiger partial charge is 0.475 e. The molecule has 6 heteroatoms. The zero-order chi connectivity index (χ0) is 14.4. The highest BCUT2D eigenvalue weighted by atomic mass is 16.4. The number of unbranched alkanes of at least 4 members (excludes halogenated alkanes) is 1. The van der Waals surface area contributed by atoms with Crippen molar-refractivity contribution >= 4 is 5.97 Å². The molecule has 0 unspecified atom stereocenters. The van der Waals surface area contributed by atoms with E-state index in [9.17, 15) is 4.79 Å². The predicted octanol–water partition coefficient (Wildman–Crippen LogP) is 2.05. The summed E-state index contributed by atoms with van der Waals surface area (Å²) in [6, 6.07) is 1.58. The Labute approximate surface area is 117 Å². The monoisotopic (exact) mass is 277 g/mol. The van der Waals surface area contributed by atoms with Crippen molar-refractivity contribution in [1.29, 1.82) is 0 Å². The van der Waals surface area contributed by atoms with Gasteiger partial charge in [0, 0.05) is 31.0 Å². The number of imidazole rings is 1. The van der Waals surface area contributed by atoms with E-state index >= 15 is 0 Å². The first-order chi connectivity index (χ1) is 9.66. The molecule has 0 radical (unpaired) electrons. The summed E-state index contributed by atoms with van der Waals surface area (Å²) in [4.78, 5) is 14.8. The number of hydrogen-bond donors (Lipinski definition) is 2. The van der Waals surface area contributed by atoms with E-state index in [1.807, 2.05) is 12.5 Å². The lowest BCUT2D eigenvalue weighted by atomic mass is 10.2. The maximum absolute atomic E-state index is 10.8. The minimum atomic E-state index is -1.03. The first kappa shape index (κ1) is 14.3. The summed E-state index contributed by atoms with van der Waals surface area (Å²) >= 11 is 0. The Morgan fingerprint density at radius 1 is 1.50 bits per heavy atom. The normalized spacial score (nSPS) is 10.8. The van der Waals surface area contributed by atoms with Gasteiger partial charge in [0.15, 0.2) is 0 Å². The van der Waals surface area contributed by atoms with Crippen LogP contribution in [0.4, 0.5) is 0 Å². The fraction of sp³-hybridized carbons (Fsp3) is 0.429. The Hall–Kier alpha value is -2.08. The van der Waals surface area contributed by atoms with Gasteiger partial charge in [0.2, 0.25) is 5.76 Å². The molecule has 20 heavy (non-hydrogen) atoms. The molecule has 0 amide bonds. The van der Waals surface area contributed by atoms with Crippen LogP contribution < -0.4 is 5.32 Å². The van der Waals surface area contributed by atoms with E-state index in [1.54, 1.807) is 19.2 Å². The lowest BCUT2D eigenvalue weighted by molar-refractivity contribution is 0.0661. The van der Waals surface area contributed by atoms with Crippen LogP contribution in [0.25, 0.3) is 0 Å². The first-order valence-electron chi connectivity index (χ1n) is 6.66. The summed E-state index contributed by atoms with van der Waals surface area (Å²) in [5, 5.41) is 12.1. The van der Waals surface area contributed by atoms with Crippen LogP contribution in [-0.2, 0) is 13.1 Å². The second kappa shape index (κ2) is 6.91. The standard InChI is InChI=1S/C14H19N3O3/c1-11-12(8-13(20-11)14(18)19)9-15-4-2-3-6-17-7-5-16-10-17/h5,7-8,10,15H,2-4,6,9H2,1H3,(H,18,19). The fourth-order valence-electron chi connectivity index (χ4n) is 1.99. The first-order valence-corrected chi connectivity index (χ1v) is 6.66. The van der Waals surface area contributed by atoms with Gasteiger partial charge in [-0.05, 0) is 32.4 Å². The van der Waals surface area contributed by atoms with Crippen molar-refractivity contribution in [2.45, 2.75) is 32.9 Å². The zero-order valence-electron chi connectivity index (χ0n) is 11.5. The highest BCUT2D eigenvalue weighted by Crippen LogP contribution is 2.14. The van der Waals surface area contributed by atoms with Gasteiger partial charge < -0.3 is 19.4 Å². The van der Waals surface area contributed by atoms with Crippen LogP contribution in [-0.4, -0.2) is 27.2 Å². The summed E-state index contributed by atoms with van der Waals surface area (Å²) in [5.74, 6) is -0.368. The Morgan fingerprint density at radius 2 is 2.35 bits per heavy atom. The number of aromatic nitrogens is 2. The number of rotatable bonds is 8. The molecule has 0 atom stereocenters. The van der Waals surface area contributed by atoms with E-state index in [1.165, 1.54) is 0 Å². The number of aromatic carboxylic acids is 1. The summed E-state index contributed by atoms with van der Waals surface area (Å²) in [5.41, 5.74) is 0.900. The highest BCUT2D eigenvalue weighted by molar-refractivity contribution is 5.84. The third-order valence-electron chi connectivity index (χ3n) is 3.13. The lowest BCUT2D eigenvalue weighted by Gasteiger charge is -2.04. The Morgan fingerprint density at radius 3 is 3.00 bits per heavy atom. The van der Waals surface area contributed by atoms with Gasteiger partial charge in [-0.25, -0.2) is 9.78 Å². The number of carboxylic acids is 1. The molecule has 108 valence electrons. The Kier molecular flexibility index (Phi) is 4.95. The topological polar surface area (TPSA) is 80.3 Å². The van der Waals surface area contributed by atoms with E-state index in [2.05, 4.69) is 14.9 Å². The molecule has 0 saturated heterocycles. The van der Waals surface area contributed by atoms with Gasteiger partial charge >= 0.3 is 5.97 Å². The summed E-state index contributed by atoms with van der Waals surface area (Å²) < 4.78 is 7.21. The smallest absolute Gasteiger partial charge is 0.371 e. The molecule has 0 spiro atoms. The minimum absolute atomic E-state index is 0.000548. The molecule has 2 aromatic heterocycles. The van der Waals surface area contributed by atoms with Crippen molar-refractivity contribution < 1.29 is 14.3 Å². The molecule has 2 rings (SSSR count). The van der Waals surface area contributed by atoms with Gasteiger partial charge in [-0.3, -0.25) is 0 Å². The van der Waals surface area contributed by atoms with Crippen molar-refractivity contribution in [1.82, 2.24) is 14.9 Å². The zero-order valence-corrected chi connectivity index (χ0v) is 11.5. The van der Waals surface area contributed by atoms with Crippen molar-refractivity contribution in [3.05, 3.63) is 41.9 Å². The van der Waals surface area contributed by atoms with Crippen LogP contribution in [0.15, 0.2) is 29.2 Å². The van der Waals surface area contributed by atoms with Gasteiger partial charge in [-0.1, -0.05) is 0 Å². The average molecular weight is 277 g/mol.